The van der Waals surface area contributed by atoms with E-state index in [1.165, 1.54) is 22.6 Å². The summed E-state index contributed by atoms with van der Waals surface area (Å²) in [6.45, 7) is 1.83. The van der Waals surface area contributed by atoms with Gasteiger partial charge in [-0.2, -0.15) is 5.10 Å². The zero-order valence-electron chi connectivity index (χ0n) is 15.0. The molecule has 3 rings (SSSR count). The van der Waals surface area contributed by atoms with E-state index in [-0.39, 0.29) is 24.6 Å². The second-order valence-corrected chi connectivity index (χ2v) is 7.52. The van der Waals surface area contributed by atoms with Crippen LogP contribution >= 0.6 is 23.4 Å². The van der Waals surface area contributed by atoms with Crippen LogP contribution in [0.5, 0.6) is 0 Å². The second-order valence-electron chi connectivity index (χ2n) is 5.97. The van der Waals surface area contributed by atoms with E-state index in [0.29, 0.717) is 16.4 Å². The van der Waals surface area contributed by atoms with Crippen molar-refractivity contribution in [3.05, 3.63) is 75.6 Å². The molecule has 7 nitrogen and oxygen atoms in total. The molecule has 28 heavy (non-hydrogen) atoms. The van der Waals surface area contributed by atoms with Crippen molar-refractivity contribution in [3.8, 4) is 0 Å². The van der Waals surface area contributed by atoms with E-state index in [1.807, 2.05) is 48.5 Å². The first kappa shape index (κ1) is 19.9. The molecule has 2 aromatic carbocycles. The normalized spacial score (nSPS) is 10.6. The van der Waals surface area contributed by atoms with Crippen molar-refractivity contribution in [3.63, 3.8) is 0 Å². The molecule has 1 heterocycles. The van der Waals surface area contributed by atoms with E-state index in [0.717, 1.165) is 9.79 Å². The number of anilines is 1. The van der Waals surface area contributed by atoms with E-state index in [2.05, 4.69) is 10.4 Å². The first-order valence-corrected chi connectivity index (χ1v) is 9.62. The fourth-order valence-electron chi connectivity index (χ4n) is 2.52. The summed E-state index contributed by atoms with van der Waals surface area (Å²) in [7, 11) is 0. The molecule has 0 aliphatic heterocycles. The van der Waals surface area contributed by atoms with Crippen molar-refractivity contribution < 1.29 is 9.72 Å². The Morgan fingerprint density at radius 1 is 1.25 bits per heavy atom. The third-order valence-electron chi connectivity index (χ3n) is 3.89. The zero-order chi connectivity index (χ0) is 20.1. The standard InChI is InChI=1S/C19H17ClN4O3S/c1-13-17(24(26)27)12-23(22-13)11-10-19(25)21-16-4-2-3-5-18(16)28-15-8-6-14(20)7-9-15/h2-9,12H,10-11H2,1H3,(H,21,25). The third-order valence-corrected chi connectivity index (χ3v) is 5.22. The van der Waals surface area contributed by atoms with Crippen LogP contribution in [0.15, 0.2) is 64.5 Å². The van der Waals surface area contributed by atoms with Gasteiger partial charge in [0, 0.05) is 27.8 Å². The van der Waals surface area contributed by atoms with Crippen LogP contribution in [0.25, 0.3) is 0 Å². The van der Waals surface area contributed by atoms with Crippen molar-refractivity contribution in [2.45, 2.75) is 29.7 Å². The zero-order valence-corrected chi connectivity index (χ0v) is 16.5. The number of carbonyl (C=O) groups is 1. The molecule has 0 aliphatic rings. The molecule has 0 saturated carbocycles. The van der Waals surface area contributed by atoms with Gasteiger partial charge in [-0.25, -0.2) is 0 Å². The number of amides is 1. The molecule has 0 spiro atoms. The summed E-state index contributed by atoms with van der Waals surface area (Å²) in [4.78, 5) is 24.7. The van der Waals surface area contributed by atoms with E-state index in [4.69, 9.17) is 11.6 Å². The number of para-hydroxylation sites is 1. The van der Waals surface area contributed by atoms with Crippen LogP contribution in [0.3, 0.4) is 0 Å². The van der Waals surface area contributed by atoms with Crippen molar-refractivity contribution in [2.24, 2.45) is 0 Å². The van der Waals surface area contributed by atoms with Crippen LogP contribution in [-0.4, -0.2) is 20.6 Å². The summed E-state index contributed by atoms with van der Waals surface area (Å²) >= 11 is 7.44. The SMILES string of the molecule is Cc1nn(CCC(=O)Nc2ccccc2Sc2ccc(Cl)cc2)cc1[N+](=O)[O-]. The third kappa shape index (κ3) is 5.11. The van der Waals surface area contributed by atoms with E-state index in [1.54, 1.807) is 6.92 Å². The van der Waals surface area contributed by atoms with Gasteiger partial charge in [0.2, 0.25) is 5.91 Å². The fourth-order valence-corrected chi connectivity index (χ4v) is 3.55. The molecule has 9 heteroatoms. The molecular weight excluding hydrogens is 400 g/mol. The number of aryl methyl sites for hydroxylation is 2. The lowest BCUT2D eigenvalue weighted by molar-refractivity contribution is -0.385. The Kier molecular flexibility index (Phi) is 6.33. The van der Waals surface area contributed by atoms with Crippen LogP contribution in [0.4, 0.5) is 11.4 Å². The van der Waals surface area contributed by atoms with E-state index < -0.39 is 4.92 Å². The smallest absolute Gasteiger partial charge is 0.309 e. The molecule has 144 valence electrons. The number of rotatable bonds is 7. The van der Waals surface area contributed by atoms with Gasteiger partial charge in [-0.05, 0) is 43.3 Å². The molecule has 0 aliphatic carbocycles. The lowest BCUT2D eigenvalue weighted by Crippen LogP contribution is -2.15. The topological polar surface area (TPSA) is 90.1 Å². The second kappa shape index (κ2) is 8.90. The Morgan fingerprint density at radius 2 is 1.96 bits per heavy atom. The number of nitrogens with one attached hydrogen (secondary N) is 1. The van der Waals surface area contributed by atoms with Crippen molar-refractivity contribution in [2.75, 3.05) is 5.32 Å². The van der Waals surface area contributed by atoms with Crippen molar-refractivity contribution >= 4 is 40.6 Å². The quantitative estimate of drug-likeness (QED) is 0.435. The molecule has 0 bridgehead atoms. The maximum atomic E-state index is 12.3. The number of nitro groups is 1. The molecule has 3 aromatic rings. The number of halogens is 1. The fraction of sp³-hybridized carbons (Fsp3) is 0.158. The van der Waals surface area contributed by atoms with Crippen LogP contribution in [0, 0.1) is 17.0 Å². The first-order valence-electron chi connectivity index (χ1n) is 8.43. The Hall–Kier alpha value is -2.84. The highest BCUT2D eigenvalue weighted by Crippen LogP contribution is 2.33. The minimum Gasteiger partial charge on any atom is -0.325 e. The average molecular weight is 417 g/mol. The minimum absolute atomic E-state index is 0.0508. The molecule has 0 saturated heterocycles. The lowest BCUT2D eigenvalue weighted by Gasteiger charge is -2.11. The molecule has 0 radical (unpaired) electrons. The number of hydrogen-bond donors (Lipinski definition) is 1. The molecule has 1 amide bonds. The number of nitrogens with zero attached hydrogens (tertiary/aromatic N) is 3. The van der Waals surface area contributed by atoms with Crippen molar-refractivity contribution in [1.29, 1.82) is 0 Å². The number of carbonyl (C=O) groups excluding carboxylic acids is 1. The molecule has 1 aromatic heterocycles. The number of benzene rings is 2. The molecule has 0 fully saturated rings. The molecule has 0 atom stereocenters. The molecule has 0 unspecified atom stereocenters. The summed E-state index contributed by atoms with van der Waals surface area (Å²) < 4.78 is 1.42. The van der Waals surface area contributed by atoms with Gasteiger partial charge in [0.25, 0.3) is 0 Å². The van der Waals surface area contributed by atoms with Gasteiger partial charge in [-0.1, -0.05) is 35.5 Å². The van der Waals surface area contributed by atoms with Crippen molar-refractivity contribution in [1.82, 2.24) is 9.78 Å². The van der Waals surface area contributed by atoms with Gasteiger partial charge < -0.3 is 5.32 Å². The molecular formula is C19H17ClN4O3S. The highest BCUT2D eigenvalue weighted by molar-refractivity contribution is 7.99. The maximum absolute atomic E-state index is 12.3. The monoisotopic (exact) mass is 416 g/mol. The van der Waals surface area contributed by atoms with E-state index in [9.17, 15) is 14.9 Å². The Labute approximate surface area is 170 Å². The lowest BCUT2D eigenvalue weighted by atomic mass is 10.3. The van der Waals surface area contributed by atoms with Gasteiger partial charge >= 0.3 is 5.69 Å². The summed E-state index contributed by atoms with van der Waals surface area (Å²) in [5.74, 6) is -0.194. The summed E-state index contributed by atoms with van der Waals surface area (Å²) in [5, 5.41) is 18.5. The Morgan fingerprint density at radius 3 is 2.64 bits per heavy atom. The number of hydrogen-bond acceptors (Lipinski definition) is 5. The predicted octanol–water partition coefficient (Wildman–Crippen LogP) is 4.93. The minimum atomic E-state index is -0.483. The summed E-state index contributed by atoms with van der Waals surface area (Å²) in [6.07, 6.45) is 1.49. The predicted molar refractivity (Wildman–Crippen MR) is 109 cm³/mol. The maximum Gasteiger partial charge on any atom is 0.309 e. The highest BCUT2D eigenvalue weighted by Gasteiger charge is 2.16. The first-order chi connectivity index (χ1) is 13.4. The Balaban J connectivity index is 1.63. The van der Waals surface area contributed by atoms with Gasteiger partial charge in [0.15, 0.2) is 0 Å². The van der Waals surface area contributed by atoms with E-state index >= 15 is 0 Å². The van der Waals surface area contributed by atoms with Gasteiger partial charge in [0.05, 0.1) is 10.6 Å². The van der Waals surface area contributed by atoms with Gasteiger partial charge in [-0.3, -0.25) is 19.6 Å². The van der Waals surface area contributed by atoms with Gasteiger partial charge in [-0.15, -0.1) is 0 Å². The summed E-state index contributed by atoms with van der Waals surface area (Å²) in [5.41, 5.74) is 0.982. The summed E-state index contributed by atoms with van der Waals surface area (Å²) in [6, 6.07) is 15.0. The largest absolute Gasteiger partial charge is 0.325 e. The average Bonchev–Trinajstić information content (AvgIpc) is 3.04. The van der Waals surface area contributed by atoms with Crippen LogP contribution < -0.4 is 5.32 Å². The van der Waals surface area contributed by atoms with Crippen LogP contribution in [-0.2, 0) is 11.3 Å². The van der Waals surface area contributed by atoms with Crippen LogP contribution in [0.2, 0.25) is 5.02 Å². The van der Waals surface area contributed by atoms with Crippen LogP contribution in [0.1, 0.15) is 12.1 Å². The highest BCUT2D eigenvalue weighted by atomic mass is 35.5. The Bertz CT molecular complexity index is 1000. The van der Waals surface area contributed by atoms with Gasteiger partial charge in [0.1, 0.15) is 11.9 Å². The number of aromatic nitrogens is 2. The molecule has 1 N–H and O–H groups in total.